The van der Waals surface area contributed by atoms with Gasteiger partial charge in [0.05, 0.1) is 5.71 Å². The molecule has 23 heavy (non-hydrogen) atoms. The van der Waals surface area contributed by atoms with Gasteiger partial charge >= 0.3 is 0 Å². The molecule has 0 aliphatic carbocycles. The van der Waals surface area contributed by atoms with Crippen molar-refractivity contribution < 1.29 is 19.0 Å². The van der Waals surface area contributed by atoms with Crippen LogP contribution in [0.3, 0.4) is 0 Å². The maximum absolute atomic E-state index is 13.2. The molecule has 7 heteroatoms. The Hall–Kier alpha value is -2.60. The predicted molar refractivity (Wildman–Crippen MR) is 85.4 cm³/mol. The molecule has 2 rings (SSSR count). The van der Waals surface area contributed by atoms with Crippen LogP contribution in [0.4, 0.5) is 4.39 Å². The molecule has 0 radical (unpaired) electrons. The molecular weight excluding hydrogens is 323 g/mol. The van der Waals surface area contributed by atoms with Crippen LogP contribution < -0.4 is 10.2 Å². The Morgan fingerprint density at radius 3 is 2.70 bits per heavy atom. The summed E-state index contributed by atoms with van der Waals surface area (Å²) in [6, 6.07) is 10.0. The molecule has 0 aromatic heterocycles. The number of phenols is 1. The van der Waals surface area contributed by atoms with E-state index in [2.05, 4.69) is 10.5 Å². The third kappa shape index (κ3) is 4.96. The summed E-state index contributed by atoms with van der Waals surface area (Å²) in [7, 11) is 0. The Labute approximate surface area is 137 Å². The average molecular weight is 337 g/mol. The number of hydrazone groups is 1. The first-order valence-electron chi connectivity index (χ1n) is 6.66. The zero-order chi connectivity index (χ0) is 16.8. The van der Waals surface area contributed by atoms with Gasteiger partial charge in [-0.1, -0.05) is 11.6 Å². The maximum atomic E-state index is 13.2. The van der Waals surface area contributed by atoms with E-state index < -0.39 is 11.7 Å². The van der Waals surface area contributed by atoms with Crippen molar-refractivity contribution in [1.82, 2.24) is 5.43 Å². The summed E-state index contributed by atoms with van der Waals surface area (Å²) in [4.78, 5) is 11.7. The van der Waals surface area contributed by atoms with Crippen molar-refractivity contribution in [1.29, 1.82) is 0 Å². The van der Waals surface area contributed by atoms with Crippen molar-refractivity contribution in [2.24, 2.45) is 5.10 Å². The number of ether oxygens (including phenoxy) is 1. The van der Waals surface area contributed by atoms with E-state index in [1.165, 1.54) is 13.0 Å². The van der Waals surface area contributed by atoms with Gasteiger partial charge in [0.1, 0.15) is 17.3 Å². The quantitative estimate of drug-likeness (QED) is 0.651. The second-order valence-corrected chi connectivity index (χ2v) is 5.07. The number of hydrogen-bond donors (Lipinski definition) is 2. The lowest BCUT2D eigenvalue weighted by Gasteiger charge is -2.07. The number of halogens is 2. The summed E-state index contributed by atoms with van der Waals surface area (Å²) in [5.41, 5.74) is 2.74. The maximum Gasteiger partial charge on any atom is 0.277 e. The Bertz CT molecular complexity index is 733. The van der Waals surface area contributed by atoms with Gasteiger partial charge in [0.15, 0.2) is 6.61 Å². The van der Waals surface area contributed by atoms with Gasteiger partial charge in [0.25, 0.3) is 5.91 Å². The highest BCUT2D eigenvalue weighted by atomic mass is 35.5. The van der Waals surface area contributed by atoms with E-state index in [0.717, 1.165) is 12.1 Å². The summed E-state index contributed by atoms with van der Waals surface area (Å²) in [5.74, 6) is -0.632. The number of carbonyl (C=O) groups is 1. The first kappa shape index (κ1) is 16.8. The number of amides is 1. The highest BCUT2D eigenvalue weighted by Gasteiger charge is 2.07. The van der Waals surface area contributed by atoms with E-state index in [9.17, 15) is 14.3 Å². The minimum atomic E-state index is -0.509. The van der Waals surface area contributed by atoms with Crippen LogP contribution in [0.2, 0.25) is 5.02 Å². The molecule has 120 valence electrons. The molecule has 2 aromatic rings. The molecule has 0 bridgehead atoms. The molecule has 2 N–H and O–H groups in total. The molecule has 0 spiro atoms. The molecule has 0 heterocycles. The largest absolute Gasteiger partial charge is 0.507 e. The number of hydrogen-bond acceptors (Lipinski definition) is 4. The summed E-state index contributed by atoms with van der Waals surface area (Å²) in [6.07, 6.45) is 0. The lowest BCUT2D eigenvalue weighted by Crippen LogP contribution is -2.25. The molecule has 5 nitrogen and oxygen atoms in total. The van der Waals surface area contributed by atoms with Gasteiger partial charge in [-0.05, 0) is 49.4 Å². The molecule has 0 aliphatic rings. The van der Waals surface area contributed by atoms with E-state index in [1.54, 1.807) is 24.3 Å². The normalized spacial score (nSPS) is 11.2. The Morgan fingerprint density at radius 2 is 2.00 bits per heavy atom. The van der Waals surface area contributed by atoms with Crippen molar-refractivity contribution in [3.05, 3.63) is 58.9 Å². The molecule has 0 aliphatic heterocycles. The van der Waals surface area contributed by atoms with Crippen molar-refractivity contribution in [3.8, 4) is 11.5 Å². The van der Waals surface area contributed by atoms with Gasteiger partial charge in [-0.25, -0.2) is 9.82 Å². The predicted octanol–water partition coefficient (Wildman–Crippen LogP) is 3.10. The number of carbonyl (C=O) groups excluding carboxylic acids is 1. The number of phenolic OH excluding ortho intramolecular Hbond substituents is 1. The zero-order valence-corrected chi connectivity index (χ0v) is 13.0. The van der Waals surface area contributed by atoms with Crippen LogP contribution in [0.5, 0.6) is 11.5 Å². The van der Waals surface area contributed by atoms with Crippen LogP contribution in [0.25, 0.3) is 0 Å². The van der Waals surface area contributed by atoms with E-state index in [0.29, 0.717) is 10.8 Å². The van der Waals surface area contributed by atoms with Gasteiger partial charge in [-0.3, -0.25) is 4.79 Å². The number of benzene rings is 2. The zero-order valence-electron chi connectivity index (χ0n) is 12.2. The van der Waals surface area contributed by atoms with E-state index in [1.807, 2.05) is 0 Å². The Balaban J connectivity index is 1.92. The molecular formula is C16H14ClFN2O3. The van der Waals surface area contributed by atoms with Crippen molar-refractivity contribution >= 4 is 23.2 Å². The minimum absolute atomic E-state index is 0.126. The number of aromatic hydroxyl groups is 1. The standard InChI is InChI=1S/C16H14ClFN2O3/c1-10(14-8-12(18)4-7-15(14)21)19-20-16(22)9-23-13-5-2-11(17)3-6-13/h2-8,21H,9H2,1H3,(H,20,22)/b19-10+. The third-order valence-corrected chi connectivity index (χ3v) is 3.13. The van der Waals surface area contributed by atoms with Gasteiger partial charge in [-0.15, -0.1) is 0 Å². The van der Waals surface area contributed by atoms with E-state index in [4.69, 9.17) is 16.3 Å². The van der Waals surface area contributed by atoms with Gasteiger partial charge in [0, 0.05) is 10.6 Å². The summed E-state index contributed by atoms with van der Waals surface area (Å²) >= 11 is 5.74. The first-order valence-corrected chi connectivity index (χ1v) is 7.04. The van der Waals surface area contributed by atoms with Crippen molar-refractivity contribution in [2.75, 3.05) is 6.61 Å². The fourth-order valence-electron chi connectivity index (χ4n) is 1.72. The van der Waals surface area contributed by atoms with Crippen LogP contribution in [-0.2, 0) is 4.79 Å². The second-order valence-electron chi connectivity index (χ2n) is 4.64. The summed E-state index contributed by atoms with van der Waals surface area (Å²) < 4.78 is 18.4. The van der Waals surface area contributed by atoms with Crippen LogP contribution in [0.1, 0.15) is 12.5 Å². The topological polar surface area (TPSA) is 70.9 Å². The number of nitrogens with zero attached hydrogens (tertiary/aromatic N) is 1. The SMILES string of the molecule is C/C(=N\NC(=O)COc1ccc(Cl)cc1)c1cc(F)ccc1O. The van der Waals surface area contributed by atoms with Crippen LogP contribution in [0.15, 0.2) is 47.6 Å². The average Bonchev–Trinajstić information content (AvgIpc) is 2.54. The molecule has 0 saturated heterocycles. The molecule has 0 atom stereocenters. The molecule has 0 saturated carbocycles. The van der Waals surface area contributed by atoms with Crippen LogP contribution in [0, 0.1) is 5.82 Å². The smallest absolute Gasteiger partial charge is 0.277 e. The second kappa shape index (κ2) is 7.60. The summed E-state index contributed by atoms with van der Waals surface area (Å²) in [5, 5.41) is 14.0. The Kier molecular flexibility index (Phi) is 5.54. The van der Waals surface area contributed by atoms with Gasteiger partial charge in [0.2, 0.25) is 0 Å². The molecule has 0 fully saturated rings. The highest BCUT2D eigenvalue weighted by Crippen LogP contribution is 2.18. The molecule has 2 aromatic carbocycles. The van der Waals surface area contributed by atoms with Gasteiger partial charge in [-0.2, -0.15) is 5.10 Å². The van der Waals surface area contributed by atoms with Crippen molar-refractivity contribution in [3.63, 3.8) is 0 Å². The highest BCUT2D eigenvalue weighted by molar-refractivity contribution is 6.30. The Morgan fingerprint density at radius 1 is 1.30 bits per heavy atom. The fourth-order valence-corrected chi connectivity index (χ4v) is 1.84. The third-order valence-electron chi connectivity index (χ3n) is 2.88. The van der Waals surface area contributed by atoms with Crippen LogP contribution in [-0.4, -0.2) is 23.3 Å². The monoisotopic (exact) mass is 336 g/mol. The van der Waals surface area contributed by atoms with Crippen molar-refractivity contribution in [2.45, 2.75) is 6.92 Å². The number of rotatable bonds is 5. The van der Waals surface area contributed by atoms with E-state index >= 15 is 0 Å². The lowest BCUT2D eigenvalue weighted by atomic mass is 10.1. The molecule has 1 amide bonds. The lowest BCUT2D eigenvalue weighted by molar-refractivity contribution is -0.123. The molecule has 0 unspecified atom stereocenters. The van der Waals surface area contributed by atoms with Crippen LogP contribution >= 0.6 is 11.6 Å². The fraction of sp³-hybridized carbons (Fsp3) is 0.125. The van der Waals surface area contributed by atoms with Gasteiger partial charge < -0.3 is 9.84 Å². The number of nitrogens with one attached hydrogen (secondary N) is 1. The van der Waals surface area contributed by atoms with E-state index in [-0.39, 0.29) is 23.6 Å². The minimum Gasteiger partial charge on any atom is -0.507 e. The first-order chi connectivity index (χ1) is 11.0. The summed E-state index contributed by atoms with van der Waals surface area (Å²) in [6.45, 7) is 1.29.